The molecule has 5 heteroatoms. The van der Waals surface area contributed by atoms with E-state index in [-0.39, 0.29) is 12.5 Å². The average Bonchev–Trinajstić information content (AvgIpc) is 2.66. The largest absolute Gasteiger partial charge is 0.342 e. The summed E-state index contributed by atoms with van der Waals surface area (Å²) in [4.78, 5) is 16.5. The molecule has 0 aromatic rings. The Morgan fingerprint density at radius 3 is 2.57 bits per heavy atom. The van der Waals surface area contributed by atoms with Crippen LogP contribution in [0.1, 0.15) is 26.7 Å². The Balaban J connectivity index is 2.60. The standard InChI is InChI=1S/C9H16N4O/c1-9(2,7-11-12-10)8(14)13-5-3-4-6-13/h3-7H2,1-2H3. The number of likely N-dealkylation sites (tertiary alicyclic amines) is 1. The maximum absolute atomic E-state index is 11.9. The lowest BCUT2D eigenvalue weighted by Gasteiger charge is -2.27. The first-order valence-electron chi connectivity index (χ1n) is 4.88. The minimum Gasteiger partial charge on any atom is -0.342 e. The monoisotopic (exact) mass is 196 g/mol. The van der Waals surface area contributed by atoms with Crippen LogP contribution >= 0.6 is 0 Å². The Kier molecular flexibility index (Phi) is 3.36. The Labute approximate surface area is 83.7 Å². The van der Waals surface area contributed by atoms with E-state index in [9.17, 15) is 4.79 Å². The van der Waals surface area contributed by atoms with Gasteiger partial charge in [0.25, 0.3) is 0 Å². The summed E-state index contributed by atoms with van der Waals surface area (Å²) in [5.74, 6) is 0.0994. The molecule has 1 aliphatic rings. The van der Waals surface area contributed by atoms with Crippen molar-refractivity contribution in [2.45, 2.75) is 26.7 Å². The van der Waals surface area contributed by atoms with Crippen LogP contribution in [0.25, 0.3) is 10.4 Å². The molecule has 0 atom stereocenters. The first-order chi connectivity index (χ1) is 6.58. The van der Waals surface area contributed by atoms with Gasteiger partial charge in [0.05, 0.1) is 0 Å². The Hall–Kier alpha value is -1.22. The fourth-order valence-electron chi connectivity index (χ4n) is 1.62. The number of rotatable bonds is 3. The van der Waals surface area contributed by atoms with E-state index in [4.69, 9.17) is 5.53 Å². The molecule has 0 unspecified atom stereocenters. The summed E-state index contributed by atoms with van der Waals surface area (Å²) in [7, 11) is 0. The predicted molar refractivity (Wildman–Crippen MR) is 53.6 cm³/mol. The van der Waals surface area contributed by atoms with E-state index in [0.717, 1.165) is 25.9 Å². The van der Waals surface area contributed by atoms with Crippen LogP contribution in [0.2, 0.25) is 0 Å². The Bertz CT molecular complexity index is 262. The molecule has 78 valence electrons. The molecular weight excluding hydrogens is 180 g/mol. The van der Waals surface area contributed by atoms with E-state index in [0.29, 0.717) is 0 Å². The fraction of sp³-hybridized carbons (Fsp3) is 0.889. The summed E-state index contributed by atoms with van der Waals surface area (Å²) in [6.45, 7) is 5.57. The van der Waals surface area contributed by atoms with Crippen molar-refractivity contribution < 1.29 is 4.79 Å². The van der Waals surface area contributed by atoms with Crippen LogP contribution in [0.5, 0.6) is 0 Å². The van der Waals surface area contributed by atoms with Crippen molar-refractivity contribution in [3.05, 3.63) is 10.4 Å². The molecule has 1 fully saturated rings. The number of carbonyl (C=O) groups is 1. The van der Waals surface area contributed by atoms with Gasteiger partial charge in [0, 0.05) is 30.0 Å². The van der Waals surface area contributed by atoms with Crippen LogP contribution in [0.15, 0.2) is 5.11 Å². The molecule has 1 saturated heterocycles. The first-order valence-corrected chi connectivity index (χ1v) is 4.88. The molecule has 0 N–H and O–H groups in total. The van der Waals surface area contributed by atoms with Gasteiger partial charge >= 0.3 is 0 Å². The highest BCUT2D eigenvalue weighted by molar-refractivity contribution is 5.82. The summed E-state index contributed by atoms with van der Waals surface area (Å²) in [5, 5.41) is 3.47. The second kappa shape index (κ2) is 4.33. The molecule has 14 heavy (non-hydrogen) atoms. The summed E-state index contributed by atoms with van der Waals surface area (Å²) >= 11 is 0. The smallest absolute Gasteiger partial charge is 0.228 e. The third-order valence-electron chi connectivity index (χ3n) is 2.50. The van der Waals surface area contributed by atoms with Crippen LogP contribution in [-0.4, -0.2) is 30.4 Å². The van der Waals surface area contributed by atoms with Gasteiger partial charge in [-0.15, -0.1) is 0 Å². The van der Waals surface area contributed by atoms with Gasteiger partial charge in [0.15, 0.2) is 0 Å². The van der Waals surface area contributed by atoms with E-state index < -0.39 is 5.41 Å². The molecule has 0 saturated carbocycles. The molecule has 0 aliphatic carbocycles. The number of amides is 1. The molecule has 1 amide bonds. The van der Waals surface area contributed by atoms with Crippen molar-refractivity contribution in [3.63, 3.8) is 0 Å². The zero-order valence-electron chi connectivity index (χ0n) is 8.73. The molecule has 0 aromatic carbocycles. The van der Waals surface area contributed by atoms with E-state index in [1.54, 1.807) is 0 Å². The molecular formula is C9H16N4O. The van der Waals surface area contributed by atoms with Gasteiger partial charge in [0.1, 0.15) is 0 Å². The summed E-state index contributed by atoms with van der Waals surface area (Å²) in [6, 6.07) is 0. The van der Waals surface area contributed by atoms with Gasteiger partial charge in [0.2, 0.25) is 5.91 Å². The third kappa shape index (κ3) is 2.39. The minimum atomic E-state index is -0.559. The minimum absolute atomic E-state index is 0.0994. The van der Waals surface area contributed by atoms with Gasteiger partial charge in [-0.05, 0) is 18.4 Å². The predicted octanol–water partition coefficient (Wildman–Crippen LogP) is 1.95. The topological polar surface area (TPSA) is 69.1 Å². The molecule has 0 bridgehead atoms. The van der Waals surface area contributed by atoms with Gasteiger partial charge in [-0.1, -0.05) is 19.0 Å². The maximum atomic E-state index is 11.9. The second-order valence-corrected chi connectivity index (χ2v) is 4.27. The number of hydrogen-bond donors (Lipinski definition) is 0. The van der Waals surface area contributed by atoms with Crippen LogP contribution in [0.3, 0.4) is 0 Å². The number of nitrogens with zero attached hydrogens (tertiary/aromatic N) is 4. The molecule has 1 aliphatic heterocycles. The molecule has 0 aromatic heterocycles. The molecule has 5 nitrogen and oxygen atoms in total. The van der Waals surface area contributed by atoms with Crippen LogP contribution in [-0.2, 0) is 4.79 Å². The number of azide groups is 1. The van der Waals surface area contributed by atoms with Gasteiger partial charge in [-0.25, -0.2) is 0 Å². The Morgan fingerprint density at radius 2 is 2.07 bits per heavy atom. The highest BCUT2D eigenvalue weighted by Gasteiger charge is 2.32. The van der Waals surface area contributed by atoms with E-state index in [1.165, 1.54) is 0 Å². The second-order valence-electron chi connectivity index (χ2n) is 4.27. The lowest BCUT2D eigenvalue weighted by molar-refractivity contribution is -0.138. The lowest BCUT2D eigenvalue weighted by atomic mass is 9.92. The van der Waals surface area contributed by atoms with Crippen molar-refractivity contribution in [2.24, 2.45) is 10.5 Å². The molecule has 1 heterocycles. The first kappa shape index (κ1) is 10.9. The summed E-state index contributed by atoms with van der Waals surface area (Å²) in [5.41, 5.74) is 7.65. The highest BCUT2D eigenvalue weighted by Crippen LogP contribution is 2.22. The zero-order valence-corrected chi connectivity index (χ0v) is 8.73. The van der Waals surface area contributed by atoms with Crippen LogP contribution < -0.4 is 0 Å². The van der Waals surface area contributed by atoms with Crippen molar-refractivity contribution in [1.82, 2.24) is 4.90 Å². The normalized spacial score (nSPS) is 16.6. The number of hydrogen-bond acceptors (Lipinski definition) is 2. The molecule has 0 radical (unpaired) electrons. The van der Waals surface area contributed by atoms with Gasteiger partial charge in [-0.3, -0.25) is 4.79 Å². The van der Waals surface area contributed by atoms with Gasteiger partial charge < -0.3 is 4.90 Å². The van der Waals surface area contributed by atoms with E-state index in [1.807, 2.05) is 18.7 Å². The summed E-state index contributed by atoms with van der Waals surface area (Å²) in [6.07, 6.45) is 2.17. The quantitative estimate of drug-likeness (QED) is 0.386. The average molecular weight is 196 g/mol. The number of carbonyl (C=O) groups excluding carboxylic acids is 1. The molecule has 1 rings (SSSR count). The van der Waals surface area contributed by atoms with Crippen molar-refractivity contribution in [2.75, 3.05) is 19.6 Å². The fourth-order valence-corrected chi connectivity index (χ4v) is 1.62. The Morgan fingerprint density at radius 1 is 1.50 bits per heavy atom. The van der Waals surface area contributed by atoms with Crippen LogP contribution in [0.4, 0.5) is 0 Å². The molecule has 0 spiro atoms. The third-order valence-corrected chi connectivity index (χ3v) is 2.50. The SMILES string of the molecule is CC(C)(CN=[N+]=[N-])C(=O)N1CCCC1. The van der Waals surface area contributed by atoms with E-state index >= 15 is 0 Å². The summed E-state index contributed by atoms with van der Waals surface area (Å²) < 4.78 is 0. The van der Waals surface area contributed by atoms with Crippen molar-refractivity contribution in [3.8, 4) is 0 Å². The van der Waals surface area contributed by atoms with Gasteiger partial charge in [-0.2, -0.15) is 0 Å². The van der Waals surface area contributed by atoms with E-state index in [2.05, 4.69) is 10.0 Å². The van der Waals surface area contributed by atoms with Crippen molar-refractivity contribution >= 4 is 5.91 Å². The van der Waals surface area contributed by atoms with Crippen LogP contribution in [0, 0.1) is 5.41 Å². The maximum Gasteiger partial charge on any atom is 0.228 e. The van der Waals surface area contributed by atoms with Crippen molar-refractivity contribution in [1.29, 1.82) is 0 Å². The highest BCUT2D eigenvalue weighted by atomic mass is 16.2. The zero-order chi connectivity index (χ0) is 10.6. The lowest BCUT2D eigenvalue weighted by Crippen LogP contribution is -2.40.